The lowest BCUT2D eigenvalue weighted by atomic mass is 10.2. The predicted octanol–water partition coefficient (Wildman–Crippen LogP) is 5.05. The Balaban J connectivity index is 1.75. The number of amides is 1. The molecule has 2 aromatic carbocycles. The van der Waals surface area contributed by atoms with Crippen molar-refractivity contribution in [1.29, 1.82) is 0 Å². The number of carbonyl (C=O) groups is 1. The van der Waals surface area contributed by atoms with Gasteiger partial charge in [0.05, 0.1) is 26.7 Å². The molecule has 10 heteroatoms. The molecule has 1 aromatic heterocycles. The molecule has 140 valence electrons. The number of aromatic nitrogens is 4. The van der Waals surface area contributed by atoms with Crippen LogP contribution in [0.15, 0.2) is 41.6 Å². The number of carbonyl (C=O) groups excluding carboxylic acids is 1. The van der Waals surface area contributed by atoms with E-state index in [1.54, 1.807) is 11.6 Å². The third-order valence-corrected chi connectivity index (χ3v) is 5.47. The van der Waals surface area contributed by atoms with Crippen LogP contribution in [0.25, 0.3) is 5.69 Å². The Labute approximate surface area is 175 Å². The number of nitrogens with zero attached hydrogens (tertiary/aromatic N) is 4. The number of benzene rings is 2. The van der Waals surface area contributed by atoms with Gasteiger partial charge in [0.2, 0.25) is 11.1 Å². The average molecular weight is 443 g/mol. The zero-order valence-electron chi connectivity index (χ0n) is 14.3. The predicted molar refractivity (Wildman–Crippen MR) is 109 cm³/mol. The lowest BCUT2D eigenvalue weighted by Crippen LogP contribution is -2.23. The molecule has 0 aliphatic rings. The molecule has 1 unspecified atom stereocenters. The Bertz CT molecular complexity index is 954. The maximum Gasteiger partial charge on any atom is 0.237 e. The van der Waals surface area contributed by atoms with Crippen molar-refractivity contribution >= 4 is 58.2 Å². The number of halogens is 3. The first kappa shape index (κ1) is 19.9. The van der Waals surface area contributed by atoms with Crippen LogP contribution in [-0.2, 0) is 4.79 Å². The van der Waals surface area contributed by atoms with Gasteiger partial charge in [-0.05, 0) is 48.5 Å². The molecule has 1 N–H and O–H groups in total. The molecule has 27 heavy (non-hydrogen) atoms. The summed E-state index contributed by atoms with van der Waals surface area (Å²) in [7, 11) is 0. The lowest BCUT2D eigenvalue weighted by molar-refractivity contribution is -0.115. The van der Waals surface area contributed by atoms with E-state index in [0.717, 1.165) is 11.3 Å². The van der Waals surface area contributed by atoms with Crippen molar-refractivity contribution in [2.24, 2.45) is 0 Å². The highest BCUT2D eigenvalue weighted by atomic mass is 35.5. The fraction of sp³-hybridized carbons (Fsp3) is 0.176. The molecule has 0 aliphatic carbocycles. The highest BCUT2D eigenvalue weighted by Crippen LogP contribution is 2.34. The van der Waals surface area contributed by atoms with E-state index >= 15 is 0 Å². The molecule has 1 atom stereocenters. The molecule has 3 aromatic rings. The third-order valence-electron chi connectivity index (χ3n) is 3.63. The largest absolute Gasteiger partial charge is 0.323 e. The summed E-state index contributed by atoms with van der Waals surface area (Å²) in [6, 6.07) is 10.8. The number of anilines is 1. The van der Waals surface area contributed by atoms with Gasteiger partial charge < -0.3 is 5.32 Å². The van der Waals surface area contributed by atoms with Gasteiger partial charge in [0, 0.05) is 5.02 Å². The van der Waals surface area contributed by atoms with Crippen LogP contribution >= 0.6 is 46.6 Å². The monoisotopic (exact) mass is 441 g/mol. The van der Waals surface area contributed by atoms with E-state index in [2.05, 4.69) is 20.8 Å². The lowest BCUT2D eigenvalue weighted by Gasteiger charge is -2.14. The van der Waals surface area contributed by atoms with Gasteiger partial charge in [-0.15, -0.1) is 5.10 Å². The van der Waals surface area contributed by atoms with Crippen LogP contribution in [-0.4, -0.2) is 31.4 Å². The van der Waals surface area contributed by atoms with Gasteiger partial charge in [-0.25, -0.2) is 0 Å². The van der Waals surface area contributed by atoms with Crippen molar-refractivity contribution in [3.05, 3.63) is 57.0 Å². The summed E-state index contributed by atoms with van der Waals surface area (Å²) in [5.74, 6) is -0.287. The van der Waals surface area contributed by atoms with Gasteiger partial charge in [-0.1, -0.05) is 64.3 Å². The van der Waals surface area contributed by atoms with Crippen LogP contribution in [0.4, 0.5) is 5.69 Å². The Kier molecular flexibility index (Phi) is 6.26. The van der Waals surface area contributed by atoms with Crippen molar-refractivity contribution < 1.29 is 4.79 Å². The Morgan fingerprint density at radius 3 is 2.41 bits per heavy atom. The zero-order chi connectivity index (χ0) is 19.6. The topological polar surface area (TPSA) is 72.7 Å². The van der Waals surface area contributed by atoms with E-state index in [4.69, 9.17) is 34.8 Å². The number of thioether (sulfide) groups is 1. The van der Waals surface area contributed by atoms with Crippen LogP contribution in [0.1, 0.15) is 12.5 Å². The highest BCUT2D eigenvalue weighted by molar-refractivity contribution is 8.00. The highest BCUT2D eigenvalue weighted by Gasteiger charge is 2.21. The maximum absolute atomic E-state index is 12.6. The molecule has 0 saturated heterocycles. The molecule has 0 spiro atoms. The number of tetrazole rings is 1. The Morgan fingerprint density at radius 1 is 1.15 bits per heavy atom. The number of rotatable bonds is 5. The fourth-order valence-electron chi connectivity index (χ4n) is 2.20. The quantitative estimate of drug-likeness (QED) is 0.560. The third kappa shape index (κ3) is 4.73. The maximum atomic E-state index is 12.6. The normalized spacial score (nSPS) is 12.0. The molecule has 1 amide bonds. The van der Waals surface area contributed by atoms with Crippen LogP contribution in [0, 0.1) is 6.92 Å². The van der Waals surface area contributed by atoms with E-state index in [1.807, 2.05) is 31.2 Å². The van der Waals surface area contributed by atoms with Crippen molar-refractivity contribution in [3.8, 4) is 5.69 Å². The molecule has 0 aliphatic heterocycles. The molecule has 1 heterocycles. The second-order valence-corrected chi connectivity index (χ2v) is 8.26. The zero-order valence-corrected chi connectivity index (χ0v) is 17.4. The molecular formula is C17H14Cl3N5OS. The van der Waals surface area contributed by atoms with E-state index in [-0.39, 0.29) is 16.0 Å². The minimum Gasteiger partial charge on any atom is -0.323 e. The minimum atomic E-state index is -0.497. The van der Waals surface area contributed by atoms with E-state index in [0.29, 0.717) is 15.9 Å². The molecular weight excluding hydrogens is 429 g/mol. The summed E-state index contributed by atoms with van der Waals surface area (Å²) in [5.41, 5.74) is 2.26. The number of nitrogens with one attached hydrogen (secondary N) is 1. The summed E-state index contributed by atoms with van der Waals surface area (Å²) in [6.07, 6.45) is 0. The average Bonchev–Trinajstić information content (AvgIpc) is 3.06. The standard InChI is InChI=1S/C17H14Cl3N5OS/c1-9-3-5-12(6-4-9)25-17(22-23-24-25)27-10(2)16(26)21-15-13(19)7-11(18)8-14(15)20/h3-8,10H,1-2H3,(H,21,26). The van der Waals surface area contributed by atoms with E-state index < -0.39 is 5.25 Å². The summed E-state index contributed by atoms with van der Waals surface area (Å²) < 4.78 is 1.58. The minimum absolute atomic E-state index is 0.266. The first-order valence-corrected chi connectivity index (χ1v) is 9.84. The number of hydrogen-bond acceptors (Lipinski definition) is 5. The van der Waals surface area contributed by atoms with Crippen LogP contribution in [0.3, 0.4) is 0 Å². The fourth-order valence-corrected chi connectivity index (χ4v) is 3.92. The van der Waals surface area contributed by atoms with Gasteiger partial charge in [0.15, 0.2) is 0 Å². The second-order valence-electron chi connectivity index (χ2n) is 5.70. The van der Waals surface area contributed by atoms with Crippen LogP contribution in [0.2, 0.25) is 15.1 Å². The van der Waals surface area contributed by atoms with Gasteiger partial charge in [-0.2, -0.15) is 4.68 Å². The molecule has 0 fully saturated rings. The summed E-state index contributed by atoms with van der Waals surface area (Å²) >= 11 is 19.3. The summed E-state index contributed by atoms with van der Waals surface area (Å²) in [5, 5.41) is 15.4. The Hall–Kier alpha value is -1.80. The van der Waals surface area contributed by atoms with Crippen molar-refractivity contribution in [3.63, 3.8) is 0 Å². The second kappa shape index (κ2) is 8.48. The van der Waals surface area contributed by atoms with Crippen molar-refractivity contribution in [2.45, 2.75) is 24.3 Å². The van der Waals surface area contributed by atoms with Crippen molar-refractivity contribution in [2.75, 3.05) is 5.32 Å². The van der Waals surface area contributed by atoms with Crippen molar-refractivity contribution in [1.82, 2.24) is 20.2 Å². The van der Waals surface area contributed by atoms with E-state index in [9.17, 15) is 4.79 Å². The molecule has 0 saturated carbocycles. The van der Waals surface area contributed by atoms with E-state index in [1.165, 1.54) is 23.9 Å². The smallest absolute Gasteiger partial charge is 0.237 e. The first-order chi connectivity index (χ1) is 12.8. The molecule has 0 bridgehead atoms. The summed E-state index contributed by atoms with van der Waals surface area (Å²) in [4.78, 5) is 12.6. The van der Waals surface area contributed by atoms with Crippen LogP contribution < -0.4 is 5.32 Å². The van der Waals surface area contributed by atoms with Gasteiger partial charge in [-0.3, -0.25) is 4.79 Å². The van der Waals surface area contributed by atoms with Gasteiger partial charge in [0.1, 0.15) is 0 Å². The molecule has 3 rings (SSSR count). The first-order valence-electron chi connectivity index (χ1n) is 7.82. The number of hydrogen-bond donors (Lipinski definition) is 1. The molecule has 0 radical (unpaired) electrons. The van der Waals surface area contributed by atoms with Gasteiger partial charge >= 0.3 is 0 Å². The van der Waals surface area contributed by atoms with Crippen LogP contribution in [0.5, 0.6) is 0 Å². The SMILES string of the molecule is Cc1ccc(-n2nnnc2SC(C)C(=O)Nc2c(Cl)cc(Cl)cc2Cl)cc1. The van der Waals surface area contributed by atoms with Gasteiger partial charge in [0.25, 0.3) is 0 Å². The number of aryl methyl sites for hydroxylation is 1. The molecule has 6 nitrogen and oxygen atoms in total. The Morgan fingerprint density at radius 2 is 1.78 bits per heavy atom. The summed E-state index contributed by atoms with van der Waals surface area (Å²) in [6.45, 7) is 3.74.